The van der Waals surface area contributed by atoms with E-state index >= 15 is 0 Å². The second kappa shape index (κ2) is 6.39. The number of aryl methyl sites for hydroxylation is 1. The average Bonchev–Trinajstić information content (AvgIpc) is 3.10. The summed E-state index contributed by atoms with van der Waals surface area (Å²) in [6.45, 7) is 1.99. The van der Waals surface area contributed by atoms with Crippen LogP contribution in [-0.4, -0.2) is 36.8 Å². The standard InChI is InChI=1S/C17H18FNO4S/c1-12-2-7-16(23-12)10-19(15-8-9-24(21,22)11-15)17(20)13-3-5-14(18)6-4-13/h2-7,15H,8-11H2,1H3/t15-/m1/s1. The molecule has 1 atom stereocenters. The van der Waals surface area contributed by atoms with Crippen LogP contribution in [0.15, 0.2) is 40.8 Å². The van der Waals surface area contributed by atoms with Gasteiger partial charge in [-0.25, -0.2) is 12.8 Å². The van der Waals surface area contributed by atoms with Gasteiger partial charge in [0.25, 0.3) is 5.91 Å². The summed E-state index contributed by atoms with van der Waals surface area (Å²) in [6, 6.07) is 8.40. The van der Waals surface area contributed by atoms with Crippen molar-refractivity contribution in [1.82, 2.24) is 4.90 Å². The maximum Gasteiger partial charge on any atom is 0.254 e. The first kappa shape index (κ1) is 16.7. The summed E-state index contributed by atoms with van der Waals surface area (Å²) in [5.41, 5.74) is 0.323. The third kappa shape index (κ3) is 3.67. The molecule has 1 aromatic carbocycles. The Morgan fingerprint density at radius 3 is 2.50 bits per heavy atom. The van der Waals surface area contributed by atoms with Crippen LogP contribution in [0.2, 0.25) is 0 Å². The summed E-state index contributed by atoms with van der Waals surface area (Å²) in [5, 5.41) is 0. The number of rotatable bonds is 4. The predicted molar refractivity (Wildman–Crippen MR) is 86.8 cm³/mol. The number of furan rings is 1. The molecule has 5 nitrogen and oxygen atoms in total. The lowest BCUT2D eigenvalue weighted by Crippen LogP contribution is -2.40. The summed E-state index contributed by atoms with van der Waals surface area (Å²) in [7, 11) is -3.13. The second-order valence-corrected chi connectivity index (χ2v) is 8.24. The van der Waals surface area contributed by atoms with Gasteiger partial charge in [0, 0.05) is 11.6 Å². The van der Waals surface area contributed by atoms with Gasteiger partial charge in [-0.2, -0.15) is 0 Å². The predicted octanol–water partition coefficient (Wildman–Crippen LogP) is 2.56. The Labute approximate surface area is 140 Å². The number of nitrogens with zero attached hydrogens (tertiary/aromatic N) is 1. The number of hydrogen-bond donors (Lipinski definition) is 0. The maximum absolute atomic E-state index is 13.1. The highest BCUT2D eigenvalue weighted by Crippen LogP contribution is 2.23. The second-order valence-electron chi connectivity index (χ2n) is 6.01. The van der Waals surface area contributed by atoms with Crippen LogP contribution in [0.3, 0.4) is 0 Å². The molecule has 0 N–H and O–H groups in total. The number of carbonyl (C=O) groups excluding carboxylic acids is 1. The van der Waals surface area contributed by atoms with Crippen LogP contribution in [0.25, 0.3) is 0 Å². The first-order valence-electron chi connectivity index (χ1n) is 7.66. The maximum atomic E-state index is 13.1. The molecule has 24 heavy (non-hydrogen) atoms. The molecular formula is C17H18FNO4S. The first-order chi connectivity index (χ1) is 11.3. The molecule has 3 rings (SSSR count). The number of hydrogen-bond acceptors (Lipinski definition) is 4. The number of sulfone groups is 1. The normalized spacial score (nSPS) is 19.3. The summed E-state index contributed by atoms with van der Waals surface area (Å²) < 4.78 is 42.2. The van der Waals surface area contributed by atoms with Crippen molar-refractivity contribution in [3.63, 3.8) is 0 Å². The summed E-state index contributed by atoms with van der Waals surface area (Å²) in [5.74, 6) is 0.571. The highest BCUT2D eigenvalue weighted by molar-refractivity contribution is 7.91. The van der Waals surface area contributed by atoms with Crippen LogP contribution in [0.5, 0.6) is 0 Å². The van der Waals surface area contributed by atoms with E-state index in [-0.39, 0.29) is 24.0 Å². The molecule has 0 radical (unpaired) electrons. The monoisotopic (exact) mass is 351 g/mol. The zero-order chi connectivity index (χ0) is 17.3. The fourth-order valence-corrected chi connectivity index (χ4v) is 4.61. The van der Waals surface area contributed by atoms with Crippen LogP contribution in [0.1, 0.15) is 28.3 Å². The van der Waals surface area contributed by atoms with Gasteiger partial charge in [0.1, 0.15) is 17.3 Å². The topological polar surface area (TPSA) is 67.6 Å². The minimum absolute atomic E-state index is 0.0559. The molecule has 1 aromatic heterocycles. The largest absolute Gasteiger partial charge is 0.464 e. The van der Waals surface area contributed by atoms with Gasteiger partial charge in [-0.05, 0) is 49.7 Å². The summed E-state index contributed by atoms with van der Waals surface area (Å²) in [6.07, 6.45) is 0.398. The quantitative estimate of drug-likeness (QED) is 0.849. The molecular weight excluding hydrogens is 333 g/mol. The average molecular weight is 351 g/mol. The van der Waals surface area contributed by atoms with Crippen LogP contribution in [-0.2, 0) is 16.4 Å². The van der Waals surface area contributed by atoms with Crippen LogP contribution in [0.4, 0.5) is 4.39 Å². The van der Waals surface area contributed by atoms with E-state index in [9.17, 15) is 17.6 Å². The smallest absolute Gasteiger partial charge is 0.254 e. The number of carbonyl (C=O) groups is 1. The Balaban J connectivity index is 1.88. The minimum atomic E-state index is -3.13. The number of amides is 1. The number of benzene rings is 1. The summed E-state index contributed by atoms with van der Waals surface area (Å²) in [4.78, 5) is 14.3. The fourth-order valence-electron chi connectivity index (χ4n) is 2.88. The Morgan fingerprint density at radius 2 is 1.96 bits per heavy atom. The van der Waals surface area contributed by atoms with E-state index in [1.54, 1.807) is 19.1 Å². The van der Waals surface area contributed by atoms with Crippen molar-refractivity contribution in [3.8, 4) is 0 Å². The van der Waals surface area contributed by atoms with Crippen molar-refractivity contribution in [2.75, 3.05) is 11.5 Å². The zero-order valence-electron chi connectivity index (χ0n) is 13.2. The minimum Gasteiger partial charge on any atom is -0.464 e. The molecule has 0 saturated carbocycles. The van der Waals surface area contributed by atoms with Crippen LogP contribution < -0.4 is 0 Å². The van der Waals surface area contributed by atoms with Gasteiger partial charge in [-0.1, -0.05) is 0 Å². The van der Waals surface area contributed by atoms with Gasteiger partial charge in [0.05, 0.1) is 18.1 Å². The van der Waals surface area contributed by atoms with Gasteiger partial charge in [0.15, 0.2) is 9.84 Å². The van der Waals surface area contributed by atoms with E-state index in [0.717, 1.165) is 5.76 Å². The Bertz CT molecular complexity index is 842. The molecule has 128 valence electrons. The molecule has 2 aromatic rings. The van der Waals surface area contributed by atoms with E-state index in [1.165, 1.54) is 29.2 Å². The van der Waals surface area contributed by atoms with E-state index in [2.05, 4.69) is 0 Å². The van der Waals surface area contributed by atoms with E-state index in [1.807, 2.05) is 0 Å². The molecule has 0 bridgehead atoms. The van der Waals surface area contributed by atoms with E-state index < -0.39 is 21.7 Å². The first-order valence-corrected chi connectivity index (χ1v) is 9.48. The van der Waals surface area contributed by atoms with Crippen molar-refractivity contribution in [2.45, 2.75) is 25.9 Å². The van der Waals surface area contributed by atoms with Gasteiger partial charge < -0.3 is 9.32 Å². The Kier molecular flexibility index (Phi) is 4.45. The number of halogens is 1. The van der Waals surface area contributed by atoms with E-state index in [0.29, 0.717) is 17.7 Å². The third-order valence-electron chi connectivity index (χ3n) is 4.12. The SMILES string of the molecule is Cc1ccc(CN(C(=O)c2ccc(F)cc2)[C@@H]2CCS(=O)(=O)C2)o1. The van der Waals surface area contributed by atoms with Gasteiger partial charge >= 0.3 is 0 Å². The van der Waals surface area contributed by atoms with Crippen molar-refractivity contribution >= 4 is 15.7 Å². The molecule has 1 saturated heterocycles. The summed E-state index contributed by atoms with van der Waals surface area (Å²) >= 11 is 0. The van der Waals surface area contributed by atoms with Gasteiger partial charge in [0.2, 0.25) is 0 Å². The van der Waals surface area contributed by atoms with E-state index in [4.69, 9.17) is 4.42 Å². The molecule has 0 unspecified atom stereocenters. The van der Waals surface area contributed by atoms with Crippen LogP contribution >= 0.6 is 0 Å². The zero-order valence-corrected chi connectivity index (χ0v) is 14.1. The van der Waals surface area contributed by atoms with Crippen molar-refractivity contribution in [1.29, 1.82) is 0 Å². The molecule has 1 aliphatic heterocycles. The molecule has 7 heteroatoms. The van der Waals surface area contributed by atoms with Crippen molar-refractivity contribution in [3.05, 3.63) is 59.3 Å². The van der Waals surface area contributed by atoms with Crippen molar-refractivity contribution < 1.29 is 22.0 Å². The fraction of sp³-hybridized carbons (Fsp3) is 0.353. The Hall–Kier alpha value is -2.15. The van der Waals surface area contributed by atoms with Gasteiger partial charge in [-0.3, -0.25) is 4.79 Å². The molecule has 2 heterocycles. The molecule has 1 fully saturated rings. The molecule has 1 aliphatic rings. The lowest BCUT2D eigenvalue weighted by atomic mass is 10.1. The van der Waals surface area contributed by atoms with Gasteiger partial charge in [-0.15, -0.1) is 0 Å². The lowest BCUT2D eigenvalue weighted by Gasteiger charge is -2.27. The van der Waals surface area contributed by atoms with Crippen LogP contribution in [0, 0.1) is 12.7 Å². The molecule has 1 amide bonds. The third-order valence-corrected chi connectivity index (χ3v) is 5.87. The molecule has 0 spiro atoms. The molecule has 0 aliphatic carbocycles. The Morgan fingerprint density at radius 1 is 1.25 bits per heavy atom. The van der Waals surface area contributed by atoms with Crippen molar-refractivity contribution in [2.24, 2.45) is 0 Å². The highest BCUT2D eigenvalue weighted by Gasteiger charge is 2.35. The lowest BCUT2D eigenvalue weighted by molar-refractivity contribution is 0.0665. The highest BCUT2D eigenvalue weighted by atomic mass is 32.2.